The first-order valence-electron chi connectivity index (χ1n) is 18.9. The summed E-state index contributed by atoms with van der Waals surface area (Å²) in [4.78, 5) is 126. The summed E-state index contributed by atoms with van der Waals surface area (Å²) in [5.41, 5.74) is 6.43. The Morgan fingerprint density at radius 2 is 0.898 bits per heavy atom. The maximum atomic E-state index is 13.7. The summed E-state index contributed by atoms with van der Waals surface area (Å²) in [6.45, 7) is 9.16. The summed E-state index contributed by atoms with van der Waals surface area (Å²) in [6.07, 6.45) is -2.79. The van der Waals surface area contributed by atoms with Gasteiger partial charge in [0.05, 0.1) is 12.5 Å². The predicted octanol–water partition coefficient (Wildman–Crippen LogP) is -1.28. The molecular weight excluding hydrogens is 778 g/mol. The van der Waals surface area contributed by atoms with Crippen LogP contribution >= 0.6 is 0 Å². The first-order chi connectivity index (χ1) is 27.4. The third-order valence-corrected chi connectivity index (χ3v) is 8.94. The molecule has 0 aliphatic rings. The second-order valence-electron chi connectivity index (χ2n) is 15.0. The van der Waals surface area contributed by atoms with E-state index in [1.54, 1.807) is 44.2 Å². The highest BCUT2D eigenvalue weighted by atomic mass is 16.4. The number of aliphatic carboxylic acids is 4. The van der Waals surface area contributed by atoms with Crippen molar-refractivity contribution >= 4 is 59.3 Å². The van der Waals surface area contributed by atoms with Gasteiger partial charge in [0, 0.05) is 19.3 Å². The minimum atomic E-state index is -1.74. The molecule has 1 aromatic rings. The lowest BCUT2D eigenvalue weighted by atomic mass is 9.98. The molecular formula is C38H57N7O14. The topological polar surface area (TPSA) is 350 Å². The standard InChI is InChI=1S/C38H57N7O14/c1-18(2)29(36(56)42-25(17-28(50)51)35(55)45-31(20(5)6)38(58)59)44-37(57)30(19(3)4)43-33(53)23(13-15-27(48)49)40-34(54)24(16-21-10-8-7-9-11-21)41-32(52)22(39)12-14-26(46)47/h7-11,18-20,22-25,29-31H,12-17,39H2,1-6H3,(H,40,54)(H,41,52)(H,42,56)(H,43,53)(H,44,57)(H,45,55)(H,46,47)(H,48,49)(H,50,51)(H,58,59)/t22-,23-,24-,25-,29-,30-,31-/m0/s1. The van der Waals surface area contributed by atoms with E-state index < -0.39 is 145 Å². The summed E-state index contributed by atoms with van der Waals surface area (Å²) in [5, 5.41) is 51.6. The summed E-state index contributed by atoms with van der Waals surface area (Å²) in [6, 6.07) is -1.86. The lowest BCUT2D eigenvalue weighted by Gasteiger charge is -2.30. The number of carboxylic acids is 4. The fourth-order valence-corrected chi connectivity index (χ4v) is 5.54. The molecule has 0 saturated carbocycles. The molecule has 0 heterocycles. The summed E-state index contributed by atoms with van der Waals surface area (Å²) in [7, 11) is 0. The molecule has 0 radical (unpaired) electrons. The molecule has 0 aliphatic heterocycles. The van der Waals surface area contributed by atoms with Crippen LogP contribution in [0.3, 0.4) is 0 Å². The molecule has 21 nitrogen and oxygen atoms in total. The van der Waals surface area contributed by atoms with Gasteiger partial charge in [-0.25, -0.2) is 4.79 Å². The largest absolute Gasteiger partial charge is 0.481 e. The lowest BCUT2D eigenvalue weighted by molar-refractivity contribution is -0.145. The van der Waals surface area contributed by atoms with Gasteiger partial charge in [-0.2, -0.15) is 0 Å². The number of amides is 6. The SMILES string of the molecule is CC(C)[C@H](NC(=O)[C@H](CC(=O)O)NC(=O)[C@@H](NC(=O)[C@@H](NC(=O)[C@H](CCC(=O)O)NC(=O)[C@H](Cc1ccccc1)NC(=O)[C@@H](N)CCC(=O)O)C(C)C)C(C)C)C(=O)O. The van der Waals surface area contributed by atoms with Crippen LogP contribution in [-0.2, 0) is 54.4 Å². The smallest absolute Gasteiger partial charge is 0.326 e. The third-order valence-electron chi connectivity index (χ3n) is 8.94. The van der Waals surface area contributed by atoms with Gasteiger partial charge in [0.15, 0.2) is 0 Å². The average Bonchev–Trinajstić information content (AvgIpc) is 3.13. The number of nitrogens with one attached hydrogen (secondary N) is 6. The minimum Gasteiger partial charge on any atom is -0.481 e. The lowest BCUT2D eigenvalue weighted by Crippen LogP contribution is -2.61. The number of carbonyl (C=O) groups excluding carboxylic acids is 6. The molecule has 21 heteroatoms. The van der Waals surface area contributed by atoms with Crippen LogP contribution in [-0.4, -0.2) is 122 Å². The minimum absolute atomic E-state index is 0.111. The van der Waals surface area contributed by atoms with Gasteiger partial charge in [0.1, 0.15) is 36.3 Å². The summed E-state index contributed by atoms with van der Waals surface area (Å²) >= 11 is 0. The monoisotopic (exact) mass is 835 g/mol. The van der Waals surface area contributed by atoms with Crippen LogP contribution in [0.5, 0.6) is 0 Å². The van der Waals surface area contributed by atoms with Crippen LogP contribution in [0.1, 0.15) is 79.2 Å². The number of hydrogen-bond donors (Lipinski definition) is 11. The first-order valence-corrected chi connectivity index (χ1v) is 18.9. The second-order valence-corrected chi connectivity index (χ2v) is 15.0. The van der Waals surface area contributed by atoms with Crippen molar-refractivity contribution in [3.8, 4) is 0 Å². The Hall–Kier alpha value is -6.12. The maximum Gasteiger partial charge on any atom is 0.326 e. The highest BCUT2D eigenvalue weighted by molar-refractivity contribution is 5.98. The number of hydrogen-bond acceptors (Lipinski definition) is 11. The Labute approximate surface area is 341 Å². The van der Waals surface area contributed by atoms with Crippen molar-refractivity contribution in [2.45, 2.75) is 122 Å². The van der Waals surface area contributed by atoms with Crippen molar-refractivity contribution in [2.24, 2.45) is 23.5 Å². The van der Waals surface area contributed by atoms with Crippen molar-refractivity contribution in [1.82, 2.24) is 31.9 Å². The number of nitrogens with two attached hydrogens (primary N) is 1. The first kappa shape index (κ1) is 50.9. The van der Waals surface area contributed by atoms with E-state index in [9.17, 15) is 63.3 Å². The summed E-state index contributed by atoms with van der Waals surface area (Å²) < 4.78 is 0. The molecule has 328 valence electrons. The highest BCUT2D eigenvalue weighted by Gasteiger charge is 2.36. The molecule has 0 aromatic heterocycles. The molecule has 7 atom stereocenters. The zero-order valence-electron chi connectivity index (χ0n) is 33.9. The molecule has 0 aliphatic carbocycles. The van der Waals surface area contributed by atoms with E-state index in [-0.39, 0.29) is 12.8 Å². The van der Waals surface area contributed by atoms with Crippen LogP contribution in [0.4, 0.5) is 0 Å². The molecule has 0 spiro atoms. The second kappa shape index (κ2) is 24.6. The molecule has 0 saturated heterocycles. The van der Waals surface area contributed by atoms with Gasteiger partial charge < -0.3 is 58.1 Å². The highest BCUT2D eigenvalue weighted by Crippen LogP contribution is 2.11. The Bertz CT molecular complexity index is 1670. The van der Waals surface area contributed by atoms with Gasteiger partial charge in [0.2, 0.25) is 35.4 Å². The van der Waals surface area contributed by atoms with Gasteiger partial charge in [-0.3, -0.25) is 43.2 Å². The molecule has 12 N–H and O–H groups in total. The van der Waals surface area contributed by atoms with E-state index >= 15 is 0 Å². The van der Waals surface area contributed by atoms with Gasteiger partial charge in [0.25, 0.3) is 0 Å². The fraction of sp³-hybridized carbons (Fsp3) is 0.579. The van der Waals surface area contributed by atoms with E-state index in [0.29, 0.717) is 5.56 Å². The van der Waals surface area contributed by atoms with E-state index in [0.717, 1.165) is 0 Å². The van der Waals surface area contributed by atoms with Crippen LogP contribution in [0.2, 0.25) is 0 Å². The van der Waals surface area contributed by atoms with Crippen LogP contribution in [0.25, 0.3) is 0 Å². The maximum absolute atomic E-state index is 13.7. The predicted molar refractivity (Wildman–Crippen MR) is 208 cm³/mol. The molecule has 1 rings (SSSR count). The zero-order valence-corrected chi connectivity index (χ0v) is 33.9. The Kier molecular flexibility index (Phi) is 21.2. The van der Waals surface area contributed by atoms with Crippen molar-refractivity contribution in [2.75, 3.05) is 0 Å². The van der Waals surface area contributed by atoms with Crippen molar-refractivity contribution in [3.63, 3.8) is 0 Å². The molecule has 1 aromatic carbocycles. The van der Waals surface area contributed by atoms with E-state index in [1.807, 2.05) is 0 Å². The van der Waals surface area contributed by atoms with Crippen molar-refractivity contribution in [1.29, 1.82) is 0 Å². The van der Waals surface area contributed by atoms with E-state index in [4.69, 9.17) is 10.8 Å². The van der Waals surface area contributed by atoms with E-state index in [1.165, 1.54) is 27.7 Å². The number of rotatable bonds is 26. The fourth-order valence-electron chi connectivity index (χ4n) is 5.54. The average molecular weight is 836 g/mol. The third kappa shape index (κ3) is 18.3. The van der Waals surface area contributed by atoms with Crippen LogP contribution in [0.15, 0.2) is 30.3 Å². The number of carbonyl (C=O) groups is 10. The van der Waals surface area contributed by atoms with Crippen LogP contribution in [0, 0.1) is 17.8 Å². The van der Waals surface area contributed by atoms with Crippen molar-refractivity contribution < 1.29 is 68.4 Å². The van der Waals surface area contributed by atoms with Crippen LogP contribution < -0.4 is 37.6 Å². The molecule has 0 fully saturated rings. The Morgan fingerprint density at radius 3 is 1.37 bits per heavy atom. The Balaban J connectivity index is 3.34. The van der Waals surface area contributed by atoms with Gasteiger partial charge in [-0.1, -0.05) is 71.9 Å². The van der Waals surface area contributed by atoms with Crippen molar-refractivity contribution in [3.05, 3.63) is 35.9 Å². The normalized spacial score (nSPS) is 14.7. The Morgan fingerprint density at radius 1 is 0.492 bits per heavy atom. The quantitative estimate of drug-likeness (QED) is 0.0518. The molecule has 0 unspecified atom stereocenters. The molecule has 59 heavy (non-hydrogen) atoms. The number of carboxylic acid groups (broad SMARTS) is 4. The molecule has 0 bridgehead atoms. The van der Waals surface area contributed by atoms with E-state index in [2.05, 4.69) is 31.9 Å². The van der Waals surface area contributed by atoms with Gasteiger partial charge in [-0.15, -0.1) is 0 Å². The van der Waals surface area contributed by atoms with Gasteiger partial charge >= 0.3 is 23.9 Å². The summed E-state index contributed by atoms with van der Waals surface area (Å²) in [5.74, 6) is -13.2. The zero-order chi connectivity index (χ0) is 45.1. The van der Waals surface area contributed by atoms with Gasteiger partial charge in [-0.05, 0) is 36.2 Å². The number of benzene rings is 1. The molecule has 6 amide bonds.